The Labute approximate surface area is 174 Å². The Kier molecular flexibility index (Phi) is 4.88. The zero-order chi connectivity index (χ0) is 21.4. The highest BCUT2D eigenvalue weighted by molar-refractivity contribution is 5.90. The zero-order valence-corrected chi connectivity index (χ0v) is 17.4. The summed E-state index contributed by atoms with van der Waals surface area (Å²) in [5, 5.41) is 9.72. The highest BCUT2D eigenvalue weighted by Crippen LogP contribution is 2.26. The van der Waals surface area contributed by atoms with E-state index in [0.29, 0.717) is 22.4 Å². The van der Waals surface area contributed by atoms with Gasteiger partial charge in [0.2, 0.25) is 0 Å². The largest absolute Gasteiger partial charge is 0.378 e. The quantitative estimate of drug-likeness (QED) is 0.478. The van der Waals surface area contributed by atoms with Crippen molar-refractivity contribution in [2.45, 2.75) is 13.8 Å². The van der Waals surface area contributed by atoms with Crippen LogP contribution in [-0.2, 0) is 0 Å². The molecule has 0 atom stereocenters. The lowest BCUT2D eigenvalue weighted by Gasteiger charge is -2.14. The first-order chi connectivity index (χ1) is 14.4. The number of aryl methyl sites for hydroxylation is 1. The van der Waals surface area contributed by atoms with Crippen LogP contribution in [0.3, 0.4) is 0 Å². The molecule has 2 aromatic heterocycles. The summed E-state index contributed by atoms with van der Waals surface area (Å²) in [6.45, 7) is 4.07. The van der Waals surface area contributed by atoms with Gasteiger partial charge in [0.25, 0.3) is 0 Å². The number of benzene rings is 2. The van der Waals surface area contributed by atoms with E-state index in [4.69, 9.17) is 0 Å². The molecule has 0 aliphatic rings. The Morgan fingerprint density at radius 2 is 1.87 bits per heavy atom. The van der Waals surface area contributed by atoms with Crippen LogP contribution in [0.1, 0.15) is 22.8 Å². The van der Waals surface area contributed by atoms with Gasteiger partial charge in [0.1, 0.15) is 17.7 Å². The van der Waals surface area contributed by atoms with Gasteiger partial charge in [-0.25, -0.2) is 9.37 Å². The fourth-order valence-corrected chi connectivity index (χ4v) is 3.65. The molecule has 5 nitrogen and oxygen atoms in total. The lowest BCUT2D eigenvalue weighted by Crippen LogP contribution is -2.08. The summed E-state index contributed by atoms with van der Waals surface area (Å²) in [4.78, 5) is 9.54. The first kappa shape index (κ1) is 19.5. The number of nitrogens with one attached hydrogen (secondary N) is 1. The molecule has 0 saturated carbocycles. The second kappa shape index (κ2) is 7.53. The molecule has 4 rings (SSSR count). The summed E-state index contributed by atoms with van der Waals surface area (Å²) < 4.78 is 15.6. The number of H-pyrrole nitrogens is 1. The molecule has 0 unspecified atom stereocenters. The van der Waals surface area contributed by atoms with Crippen LogP contribution in [0.15, 0.2) is 48.5 Å². The van der Waals surface area contributed by atoms with Crippen molar-refractivity contribution in [1.29, 1.82) is 5.26 Å². The number of allylic oxidation sites excluding steroid dienone is 1. The van der Waals surface area contributed by atoms with Crippen LogP contribution >= 0.6 is 0 Å². The van der Waals surface area contributed by atoms with Gasteiger partial charge in [0.05, 0.1) is 16.6 Å². The lowest BCUT2D eigenvalue weighted by atomic mass is 10.1. The van der Waals surface area contributed by atoms with Gasteiger partial charge in [-0.2, -0.15) is 5.26 Å². The number of halogens is 1. The van der Waals surface area contributed by atoms with E-state index in [1.54, 1.807) is 6.07 Å². The minimum absolute atomic E-state index is 0.344. The number of imidazole rings is 1. The van der Waals surface area contributed by atoms with Crippen LogP contribution in [0.4, 0.5) is 10.1 Å². The highest BCUT2D eigenvalue weighted by Gasteiger charge is 2.13. The summed E-state index contributed by atoms with van der Waals surface area (Å²) in [5.41, 5.74) is 6.82. The Bertz CT molecular complexity index is 1300. The number of nitriles is 1. The topological polar surface area (TPSA) is 60.6 Å². The molecule has 0 radical (unpaired) electrons. The van der Waals surface area contributed by atoms with Crippen molar-refractivity contribution < 1.29 is 4.39 Å². The third-order valence-electron chi connectivity index (χ3n) is 5.21. The van der Waals surface area contributed by atoms with Crippen molar-refractivity contribution >= 4 is 28.4 Å². The van der Waals surface area contributed by atoms with E-state index in [1.165, 1.54) is 12.1 Å². The Morgan fingerprint density at radius 3 is 2.53 bits per heavy atom. The van der Waals surface area contributed by atoms with Crippen LogP contribution in [0.2, 0.25) is 0 Å². The Hall–Kier alpha value is -3.85. The van der Waals surface area contributed by atoms with E-state index >= 15 is 0 Å². The van der Waals surface area contributed by atoms with Gasteiger partial charge < -0.3 is 14.5 Å². The summed E-state index contributed by atoms with van der Waals surface area (Å²) >= 11 is 0. The minimum Gasteiger partial charge on any atom is -0.378 e. The second-order valence-electron chi connectivity index (χ2n) is 7.49. The second-order valence-corrected chi connectivity index (χ2v) is 7.49. The molecule has 0 amide bonds. The number of nitrogens with zero attached hydrogens (tertiary/aromatic N) is 4. The number of anilines is 1. The number of fused-ring (bicyclic) bond motifs is 1. The minimum atomic E-state index is -0.344. The predicted molar refractivity (Wildman–Crippen MR) is 119 cm³/mol. The van der Waals surface area contributed by atoms with Gasteiger partial charge in [-0.15, -0.1) is 0 Å². The van der Waals surface area contributed by atoms with E-state index in [-0.39, 0.29) is 5.82 Å². The van der Waals surface area contributed by atoms with Crippen molar-refractivity contribution in [3.63, 3.8) is 0 Å². The molecule has 4 aromatic rings. The average molecular weight is 399 g/mol. The summed E-state index contributed by atoms with van der Waals surface area (Å²) in [5.74, 6) is 0.0854. The fraction of sp³-hybridized carbons (Fsp3) is 0.167. The maximum absolute atomic E-state index is 13.5. The van der Waals surface area contributed by atoms with Gasteiger partial charge >= 0.3 is 0 Å². The number of hydrogen-bond acceptors (Lipinski definition) is 3. The molecule has 2 heterocycles. The third-order valence-corrected chi connectivity index (χ3v) is 5.21. The molecule has 150 valence electrons. The van der Waals surface area contributed by atoms with Crippen LogP contribution in [0.5, 0.6) is 0 Å². The molecule has 0 bridgehead atoms. The molecule has 0 spiro atoms. The molecule has 6 heteroatoms. The smallest absolute Gasteiger partial charge is 0.149 e. The van der Waals surface area contributed by atoms with Crippen molar-refractivity contribution in [2.75, 3.05) is 19.0 Å². The summed E-state index contributed by atoms with van der Waals surface area (Å²) in [6, 6.07) is 16.9. The highest BCUT2D eigenvalue weighted by atomic mass is 19.1. The molecule has 2 aromatic carbocycles. The number of rotatable bonds is 4. The number of aromatic amines is 1. The van der Waals surface area contributed by atoms with E-state index < -0.39 is 0 Å². The third kappa shape index (κ3) is 3.46. The first-order valence-corrected chi connectivity index (χ1v) is 9.61. The summed E-state index contributed by atoms with van der Waals surface area (Å²) in [6.07, 6.45) is 1.82. The first-order valence-electron chi connectivity index (χ1n) is 9.61. The van der Waals surface area contributed by atoms with E-state index in [9.17, 15) is 9.65 Å². The van der Waals surface area contributed by atoms with E-state index in [2.05, 4.69) is 55.8 Å². The Balaban J connectivity index is 1.75. The van der Waals surface area contributed by atoms with Gasteiger partial charge in [-0.05, 0) is 74.0 Å². The fourth-order valence-electron chi connectivity index (χ4n) is 3.65. The molecular weight excluding hydrogens is 377 g/mol. The molecule has 30 heavy (non-hydrogen) atoms. The van der Waals surface area contributed by atoms with Crippen molar-refractivity contribution in [2.24, 2.45) is 0 Å². The van der Waals surface area contributed by atoms with Crippen molar-refractivity contribution in [3.8, 4) is 11.8 Å². The zero-order valence-electron chi connectivity index (χ0n) is 17.4. The van der Waals surface area contributed by atoms with Crippen LogP contribution in [-0.4, -0.2) is 28.6 Å². The van der Waals surface area contributed by atoms with Gasteiger partial charge in [0.15, 0.2) is 0 Å². The number of hydrogen-bond donors (Lipinski definition) is 1. The lowest BCUT2D eigenvalue weighted by molar-refractivity contribution is 0.629. The maximum atomic E-state index is 13.5. The molecule has 0 aliphatic carbocycles. The Morgan fingerprint density at radius 1 is 1.13 bits per heavy atom. The summed E-state index contributed by atoms with van der Waals surface area (Å²) in [7, 11) is 4.03. The van der Waals surface area contributed by atoms with Gasteiger partial charge in [-0.3, -0.25) is 0 Å². The molecule has 1 N–H and O–H groups in total. The SMILES string of the molecule is Cc1cc(/C=C(/C#N)c2nc3ccc(F)cc3[nH]2)c(C)n1-c1ccc(N(C)C)cc1. The van der Waals surface area contributed by atoms with E-state index in [1.807, 2.05) is 34.0 Å². The molecule has 0 fully saturated rings. The van der Waals surface area contributed by atoms with Crippen LogP contribution in [0, 0.1) is 31.0 Å². The predicted octanol–water partition coefficient (Wildman–Crippen LogP) is 5.24. The maximum Gasteiger partial charge on any atom is 0.149 e. The normalized spacial score (nSPS) is 11.7. The number of aromatic nitrogens is 3. The van der Waals surface area contributed by atoms with Crippen LogP contribution < -0.4 is 4.90 Å². The van der Waals surface area contributed by atoms with E-state index in [0.717, 1.165) is 28.3 Å². The van der Waals surface area contributed by atoms with Crippen molar-refractivity contribution in [3.05, 3.63) is 77.1 Å². The standard InChI is InChI=1S/C24H22FN5/c1-15-11-17(16(2)30(15)21-8-6-20(7-9-21)29(3)4)12-18(14-26)24-27-22-10-5-19(25)13-23(22)28-24/h5-13H,1-4H3,(H,27,28)/b18-12-. The van der Waals surface area contributed by atoms with Crippen LogP contribution in [0.25, 0.3) is 28.4 Å². The van der Waals surface area contributed by atoms with Gasteiger partial charge in [0, 0.05) is 36.9 Å². The molecule has 0 aliphatic heterocycles. The van der Waals surface area contributed by atoms with Crippen molar-refractivity contribution in [1.82, 2.24) is 14.5 Å². The monoisotopic (exact) mass is 399 g/mol. The molecular formula is C24H22FN5. The molecule has 0 saturated heterocycles. The average Bonchev–Trinajstić information content (AvgIpc) is 3.26. The van der Waals surface area contributed by atoms with Gasteiger partial charge in [-0.1, -0.05) is 0 Å².